The molecule has 4 atom stereocenters. The summed E-state index contributed by atoms with van der Waals surface area (Å²) in [6, 6.07) is 3.98. The second kappa shape index (κ2) is 8.82. The number of likely N-dealkylation sites (tertiary alicyclic amines) is 1. The van der Waals surface area contributed by atoms with Gasteiger partial charge in [-0.2, -0.15) is 0 Å². The zero-order valence-electron chi connectivity index (χ0n) is 17.1. The molecule has 0 spiro atoms. The van der Waals surface area contributed by atoms with E-state index in [0.29, 0.717) is 29.9 Å². The maximum Gasteiger partial charge on any atom is 0.308 e. The highest BCUT2D eigenvalue weighted by Crippen LogP contribution is 2.43. The van der Waals surface area contributed by atoms with E-state index >= 15 is 0 Å². The van der Waals surface area contributed by atoms with E-state index in [0.717, 1.165) is 6.42 Å². The van der Waals surface area contributed by atoms with Crippen LogP contribution in [0.3, 0.4) is 0 Å². The zero-order valence-corrected chi connectivity index (χ0v) is 17.1. The Morgan fingerprint density at radius 3 is 2.52 bits per heavy atom. The van der Waals surface area contributed by atoms with Crippen molar-refractivity contribution in [1.29, 1.82) is 0 Å². The Kier molecular flexibility index (Phi) is 6.42. The molecule has 1 aromatic rings. The number of hydrogen-bond donors (Lipinski definition) is 1. The number of imide groups is 1. The average molecular weight is 404 g/mol. The number of ether oxygens (including phenoxy) is 3. The summed E-state index contributed by atoms with van der Waals surface area (Å²) in [7, 11) is 3.02. The van der Waals surface area contributed by atoms with E-state index in [4.69, 9.17) is 19.9 Å². The molecule has 0 bridgehead atoms. The van der Waals surface area contributed by atoms with Crippen LogP contribution >= 0.6 is 0 Å². The molecule has 1 aromatic carbocycles. The van der Waals surface area contributed by atoms with E-state index in [1.807, 2.05) is 0 Å². The molecule has 1 aliphatic carbocycles. The largest absolute Gasteiger partial charge is 0.493 e. The predicted molar refractivity (Wildman–Crippen MR) is 104 cm³/mol. The molecule has 1 heterocycles. The molecule has 1 saturated carbocycles. The molecule has 1 aliphatic heterocycles. The van der Waals surface area contributed by atoms with Gasteiger partial charge in [0.2, 0.25) is 11.8 Å². The molecule has 1 saturated heterocycles. The van der Waals surface area contributed by atoms with Crippen molar-refractivity contribution in [3.8, 4) is 11.5 Å². The van der Waals surface area contributed by atoms with Gasteiger partial charge in [0.1, 0.15) is 0 Å². The highest BCUT2D eigenvalue weighted by Gasteiger charge is 2.53. The van der Waals surface area contributed by atoms with Crippen molar-refractivity contribution in [2.45, 2.75) is 44.7 Å². The van der Waals surface area contributed by atoms with Gasteiger partial charge in [-0.1, -0.05) is 12.5 Å². The Hall–Kier alpha value is -2.61. The summed E-state index contributed by atoms with van der Waals surface area (Å²) in [6.07, 6.45) is 2.04. The van der Waals surface area contributed by atoms with Crippen LogP contribution in [0.25, 0.3) is 0 Å². The normalized spacial score (nSPS) is 24.8. The molecule has 3 rings (SSSR count). The van der Waals surface area contributed by atoms with Gasteiger partial charge in [0.15, 0.2) is 11.5 Å². The van der Waals surface area contributed by atoms with Gasteiger partial charge < -0.3 is 19.9 Å². The van der Waals surface area contributed by atoms with Crippen LogP contribution < -0.4 is 15.2 Å². The van der Waals surface area contributed by atoms with E-state index in [2.05, 4.69) is 0 Å². The number of carbonyl (C=O) groups excluding carboxylic acids is 3. The van der Waals surface area contributed by atoms with Crippen LogP contribution in [-0.2, 0) is 19.1 Å². The number of nitrogens with two attached hydrogens (primary N) is 1. The Morgan fingerprint density at radius 1 is 1.17 bits per heavy atom. The van der Waals surface area contributed by atoms with Gasteiger partial charge in [-0.25, -0.2) is 0 Å². The summed E-state index contributed by atoms with van der Waals surface area (Å²) in [5.74, 6) is -1.03. The average Bonchev–Trinajstić information content (AvgIpc) is 2.97. The number of carbonyl (C=O) groups is 3. The van der Waals surface area contributed by atoms with Crippen LogP contribution in [0.15, 0.2) is 18.2 Å². The number of hydrogen-bond acceptors (Lipinski definition) is 7. The third-order valence-corrected chi connectivity index (χ3v) is 5.79. The van der Waals surface area contributed by atoms with Crippen molar-refractivity contribution in [2.24, 2.45) is 17.6 Å². The van der Waals surface area contributed by atoms with Crippen LogP contribution in [0.4, 0.5) is 0 Å². The van der Waals surface area contributed by atoms with E-state index in [1.165, 1.54) is 19.1 Å². The Bertz CT molecular complexity index is 795. The number of nitrogens with zero attached hydrogens (tertiary/aromatic N) is 1. The van der Waals surface area contributed by atoms with Crippen LogP contribution in [-0.4, -0.2) is 49.6 Å². The molecule has 2 amide bonds. The lowest BCUT2D eigenvalue weighted by molar-refractivity contribution is -0.148. The van der Waals surface area contributed by atoms with Crippen LogP contribution in [0.5, 0.6) is 11.5 Å². The first kappa shape index (κ1) is 21.1. The van der Waals surface area contributed by atoms with Crippen molar-refractivity contribution in [2.75, 3.05) is 20.8 Å². The molecule has 29 heavy (non-hydrogen) atoms. The maximum absolute atomic E-state index is 13.2. The first-order valence-corrected chi connectivity index (χ1v) is 9.92. The summed E-state index contributed by atoms with van der Waals surface area (Å²) >= 11 is 0. The molecule has 2 aliphatic rings. The van der Waals surface area contributed by atoms with Crippen LogP contribution in [0.2, 0.25) is 0 Å². The summed E-state index contributed by atoms with van der Waals surface area (Å²) in [4.78, 5) is 39.9. The monoisotopic (exact) mass is 404 g/mol. The minimum atomic E-state index is -0.786. The van der Waals surface area contributed by atoms with E-state index in [1.54, 1.807) is 25.1 Å². The molecule has 4 unspecified atom stereocenters. The van der Waals surface area contributed by atoms with E-state index in [9.17, 15) is 14.4 Å². The first-order valence-electron chi connectivity index (χ1n) is 9.92. The van der Waals surface area contributed by atoms with Crippen molar-refractivity contribution in [3.05, 3.63) is 23.8 Å². The minimum absolute atomic E-state index is 0.129. The van der Waals surface area contributed by atoms with Crippen molar-refractivity contribution >= 4 is 17.8 Å². The quantitative estimate of drug-likeness (QED) is 0.545. The van der Waals surface area contributed by atoms with Crippen LogP contribution in [0, 0.1) is 11.8 Å². The number of fused-ring (bicyclic) bond motifs is 1. The molecule has 158 valence electrons. The van der Waals surface area contributed by atoms with Gasteiger partial charge >= 0.3 is 5.97 Å². The first-order chi connectivity index (χ1) is 13.9. The number of rotatable bonds is 7. The van der Waals surface area contributed by atoms with Gasteiger partial charge in [-0.05, 0) is 37.5 Å². The summed E-state index contributed by atoms with van der Waals surface area (Å²) in [5, 5.41) is 0. The third kappa shape index (κ3) is 3.94. The van der Waals surface area contributed by atoms with Crippen LogP contribution in [0.1, 0.15) is 44.2 Å². The molecule has 8 nitrogen and oxygen atoms in total. The zero-order chi connectivity index (χ0) is 21.1. The van der Waals surface area contributed by atoms with E-state index in [-0.39, 0.29) is 30.9 Å². The smallest absolute Gasteiger partial charge is 0.308 e. The van der Waals surface area contributed by atoms with E-state index < -0.39 is 23.8 Å². The molecular formula is C21H28N2O6. The number of benzene rings is 1. The molecule has 0 aromatic heterocycles. The SMILES string of the molecule is CCOC(=O)CC(c1ccc(OC)c(OC)c1)N1C(=O)C2CCCC(N)C2C1=O. The van der Waals surface area contributed by atoms with Gasteiger partial charge in [0, 0.05) is 6.04 Å². The topological polar surface area (TPSA) is 108 Å². The van der Waals surface area contributed by atoms with Gasteiger partial charge in [0.25, 0.3) is 0 Å². The van der Waals surface area contributed by atoms with Gasteiger partial charge in [-0.15, -0.1) is 0 Å². The van der Waals surface area contributed by atoms with Crippen molar-refractivity contribution in [3.63, 3.8) is 0 Å². The van der Waals surface area contributed by atoms with Crippen molar-refractivity contribution in [1.82, 2.24) is 4.90 Å². The molecule has 8 heteroatoms. The Morgan fingerprint density at radius 2 is 1.90 bits per heavy atom. The van der Waals surface area contributed by atoms with Gasteiger partial charge in [0.05, 0.1) is 45.1 Å². The predicted octanol–water partition coefficient (Wildman–Crippen LogP) is 1.81. The fourth-order valence-electron chi connectivity index (χ4n) is 4.41. The molecule has 2 N–H and O–H groups in total. The number of amides is 2. The lowest BCUT2D eigenvalue weighted by Crippen LogP contribution is -2.41. The summed E-state index contributed by atoms with van der Waals surface area (Å²) in [5.41, 5.74) is 6.78. The van der Waals surface area contributed by atoms with Crippen molar-refractivity contribution < 1.29 is 28.6 Å². The fourth-order valence-corrected chi connectivity index (χ4v) is 4.41. The van der Waals surface area contributed by atoms with Gasteiger partial charge in [-0.3, -0.25) is 19.3 Å². The second-order valence-electron chi connectivity index (χ2n) is 7.41. The lowest BCUT2D eigenvalue weighted by Gasteiger charge is -2.28. The molecular weight excluding hydrogens is 376 g/mol. The highest BCUT2D eigenvalue weighted by atomic mass is 16.5. The summed E-state index contributed by atoms with van der Waals surface area (Å²) < 4.78 is 15.7. The maximum atomic E-state index is 13.2. The minimum Gasteiger partial charge on any atom is -0.493 e. The lowest BCUT2D eigenvalue weighted by atomic mass is 9.78. The molecule has 2 fully saturated rings. The Balaban J connectivity index is 2.01. The standard InChI is InChI=1S/C21H28N2O6/c1-4-29-18(24)11-15(12-8-9-16(27-2)17(10-12)28-3)23-20(25)13-6-5-7-14(22)19(13)21(23)26/h8-10,13-15,19H,4-7,11,22H2,1-3H3. The number of methoxy groups -OCH3 is 2. The summed E-state index contributed by atoms with van der Waals surface area (Å²) in [6.45, 7) is 1.93. The highest BCUT2D eigenvalue weighted by molar-refractivity contribution is 6.06. The Labute approximate surface area is 170 Å². The number of esters is 1. The second-order valence-corrected chi connectivity index (χ2v) is 7.41. The molecule has 0 radical (unpaired) electrons. The third-order valence-electron chi connectivity index (χ3n) is 5.79. The fraction of sp³-hybridized carbons (Fsp3) is 0.571.